The first-order valence-corrected chi connectivity index (χ1v) is 5.46. The molecule has 0 saturated carbocycles. The van der Waals surface area contributed by atoms with Gasteiger partial charge in [0.15, 0.2) is 11.4 Å². The Morgan fingerprint density at radius 2 is 2.00 bits per heavy atom. The smallest absolute Gasteiger partial charge is 0.187 e. The fraction of sp³-hybridized carbons (Fsp3) is 0.286. The van der Waals surface area contributed by atoms with Crippen LogP contribution in [-0.4, -0.2) is 5.16 Å². The number of aromatic nitrogens is 1. The number of rotatable bonds is 1. The van der Waals surface area contributed by atoms with Crippen molar-refractivity contribution in [3.8, 4) is 11.3 Å². The quantitative estimate of drug-likeness (QED) is 0.682. The van der Waals surface area contributed by atoms with Crippen LogP contribution >= 0.6 is 0 Å². The normalized spacial score (nSPS) is 11.2. The molecule has 1 heterocycles. The molecule has 0 unspecified atom stereocenters. The molecule has 1 aromatic heterocycles. The van der Waals surface area contributed by atoms with Crippen molar-refractivity contribution in [1.82, 2.24) is 5.16 Å². The van der Waals surface area contributed by atoms with Crippen LogP contribution in [0.1, 0.15) is 26.5 Å². The highest BCUT2D eigenvalue weighted by atomic mass is 16.5. The molecule has 0 N–H and O–H groups in total. The Morgan fingerprint density at radius 3 is 2.59 bits per heavy atom. The molecule has 0 fully saturated rings. The number of benzene rings is 1. The standard InChI is InChI=1S/C14H14N2O/c1-14(2,3)13-9-12(17-16-13)10-6-5-7-11(8-10)15-4/h5-9H,1-3H3. The fourth-order valence-electron chi connectivity index (χ4n) is 1.49. The number of hydrogen-bond acceptors (Lipinski definition) is 2. The molecule has 17 heavy (non-hydrogen) atoms. The van der Waals surface area contributed by atoms with Crippen molar-refractivity contribution in [3.05, 3.63) is 47.4 Å². The molecule has 0 spiro atoms. The van der Waals surface area contributed by atoms with Crippen molar-refractivity contribution in [2.75, 3.05) is 0 Å². The van der Waals surface area contributed by atoms with Crippen molar-refractivity contribution in [1.29, 1.82) is 0 Å². The summed E-state index contributed by atoms with van der Waals surface area (Å²) in [5, 5.41) is 4.07. The molecular weight excluding hydrogens is 212 g/mol. The Hall–Kier alpha value is -2.08. The van der Waals surface area contributed by atoms with Gasteiger partial charge >= 0.3 is 0 Å². The van der Waals surface area contributed by atoms with E-state index in [1.807, 2.05) is 18.2 Å². The van der Waals surface area contributed by atoms with Gasteiger partial charge in [-0.1, -0.05) is 44.1 Å². The van der Waals surface area contributed by atoms with Gasteiger partial charge in [0, 0.05) is 17.0 Å². The van der Waals surface area contributed by atoms with E-state index in [4.69, 9.17) is 11.1 Å². The van der Waals surface area contributed by atoms with Crippen molar-refractivity contribution < 1.29 is 4.52 Å². The second kappa shape index (κ2) is 4.06. The summed E-state index contributed by atoms with van der Waals surface area (Å²) in [7, 11) is 0. The van der Waals surface area contributed by atoms with E-state index >= 15 is 0 Å². The van der Waals surface area contributed by atoms with Crippen LogP contribution in [-0.2, 0) is 5.41 Å². The Kier molecular flexibility index (Phi) is 2.72. The van der Waals surface area contributed by atoms with Crippen molar-refractivity contribution >= 4 is 5.69 Å². The first-order chi connectivity index (χ1) is 8.00. The zero-order chi connectivity index (χ0) is 12.5. The van der Waals surface area contributed by atoms with E-state index in [1.54, 1.807) is 12.1 Å². The SMILES string of the molecule is [C-]#[N+]c1cccc(-c2cc(C(C)(C)C)no2)c1. The third-order valence-corrected chi connectivity index (χ3v) is 2.54. The summed E-state index contributed by atoms with van der Waals surface area (Å²) in [6.45, 7) is 13.2. The zero-order valence-corrected chi connectivity index (χ0v) is 10.2. The minimum Gasteiger partial charge on any atom is -0.356 e. The summed E-state index contributed by atoms with van der Waals surface area (Å²) < 4.78 is 5.32. The molecule has 0 aliphatic heterocycles. The third-order valence-electron chi connectivity index (χ3n) is 2.54. The van der Waals surface area contributed by atoms with Gasteiger partial charge in [-0.15, -0.1) is 0 Å². The molecule has 0 saturated heterocycles. The molecule has 86 valence electrons. The third kappa shape index (κ3) is 2.36. The molecule has 2 rings (SSSR count). The van der Waals surface area contributed by atoms with Gasteiger partial charge in [-0.05, 0) is 6.07 Å². The van der Waals surface area contributed by atoms with Gasteiger partial charge in [-0.25, -0.2) is 4.85 Å². The largest absolute Gasteiger partial charge is 0.356 e. The van der Waals surface area contributed by atoms with Crippen LogP contribution in [0, 0.1) is 6.57 Å². The van der Waals surface area contributed by atoms with Crippen LogP contribution in [0.4, 0.5) is 5.69 Å². The summed E-state index contributed by atoms with van der Waals surface area (Å²) in [5.41, 5.74) is 2.39. The van der Waals surface area contributed by atoms with E-state index in [0.717, 1.165) is 11.3 Å². The van der Waals surface area contributed by atoms with Crippen LogP contribution in [0.2, 0.25) is 0 Å². The second-order valence-electron chi connectivity index (χ2n) is 4.99. The molecule has 0 amide bonds. The maximum Gasteiger partial charge on any atom is 0.187 e. The molecular formula is C14H14N2O. The molecule has 0 aliphatic rings. The van der Waals surface area contributed by atoms with Gasteiger partial charge in [0.2, 0.25) is 0 Å². The zero-order valence-electron chi connectivity index (χ0n) is 10.2. The highest BCUT2D eigenvalue weighted by Crippen LogP contribution is 2.28. The van der Waals surface area contributed by atoms with Gasteiger partial charge in [-0.3, -0.25) is 0 Å². The maximum absolute atomic E-state index is 6.99. The van der Waals surface area contributed by atoms with E-state index in [1.165, 1.54) is 0 Å². The number of nitrogens with zero attached hydrogens (tertiary/aromatic N) is 2. The van der Waals surface area contributed by atoms with Gasteiger partial charge in [0.25, 0.3) is 0 Å². The molecule has 0 radical (unpaired) electrons. The maximum atomic E-state index is 6.99. The molecule has 3 nitrogen and oxygen atoms in total. The van der Waals surface area contributed by atoms with E-state index in [-0.39, 0.29) is 5.41 Å². The minimum absolute atomic E-state index is 0.0286. The lowest BCUT2D eigenvalue weighted by Gasteiger charge is -2.12. The predicted molar refractivity (Wildman–Crippen MR) is 66.9 cm³/mol. The van der Waals surface area contributed by atoms with Gasteiger partial charge < -0.3 is 4.52 Å². The lowest BCUT2D eigenvalue weighted by atomic mass is 9.92. The van der Waals surface area contributed by atoms with Crippen LogP contribution in [0.25, 0.3) is 16.2 Å². The van der Waals surface area contributed by atoms with E-state index in [0.29, 0.717) is 11.4 Å². The molecule has 0 aliphatic carbocycles. The van der Waals surface area contributed by atoms with Gasteiger partial charge in [-0.2, -0.15) is 0 Å². The van der Waals surface area contributed by atoms with Crippen LogP contribution in [0.5, 0.6) is 0 Å². The van der Waals surface area contributed by atoms with Gasteiger partial charge in [0.05, 0.1) is 12.3 Å². The van der Waals surface area contributed by atoms with E-state index < -0.39 is 0 Å². The average Bonchev–Trinajstić information content (AvgIpc) is 2.78. The lowest BCUT2D eigenvalue weighted by molar-refractivity contribution is 0.402. The van der Waals surface area contributed by atoms with E-state index in [9.17, 15) is 0 Å². The molecule has 0 atom stereocenters. The first kappa shape index (κ1) is 11.4. The Bertz CT molecular complexity index is 570. The predicted octanol–water partition coefficient (Wildman–Crippen LogP) is 4.19. The van der Waals surface area contributed by atoms with Crippen LogP contribution < -0.4 is 0 Å². The summed E-state index contributed by atoms with van der Waals surface area (Å²) in [6.07, 6.45) is 0. The lowest BCUT2D eigenvalue weighted by Crippen LogP contribution is -2.10. The molecule has 3 heteroatoms. The summed E-state index contributed by atoms with van der Waals surface area (Å²) in [5.74, 6) is 0.709. The second-order valence-corrected chi connectivity index (χ2v) is 4.99. The number of hydrogen-bond donors (Lipinski definition) is 0. The first-order valence-electron chi connectivity index (χ1n) is 5.46. The van der Waals surface area contributed by atoms with Crippen LogP contribution in [0.15, 0.2) is 34.9 Å². The molecule has 0 bridgehead atoms. The fourth-order valence-corrected chi connectivity index (χ4v) is 1.49. The molecule has 2 aromatic rings. The summed E-state index contributed by atoms with van der Waals surface area (Å²) in [6, 6.07) is 9.28. The highest BCUT2D eigenvalue weighted by Gasteiger charge is 2.19. The Balaban J connectivity index is 2.41. The van der Waals surface area contributed by atoms with Crippen molar-refractivity contribution in [3.63, 3.8) is 0 Å². The van der Waals surface area contributed by atoms with Crippen molar-refractivity contribution in [2.45, 2.75) is 26.2 Å². The van der Waals surface area contributed by atoms with E-state index in [2.05, 4.69) is 30.8 Å². The highest BCUT2D eigenvalue weighted by molar-refractivity contribution is 5.64. The molecule has 1 aromatic carbocycles. The van der Waals surface area contributed by atoms with Gasteiger partial charge in [0.1, 0.15) is 0 Å². The van der Waals surface area contributed by atoms with Crippen LogP contribution in [0.3, 0.4) is 0 Å². The summed E-state index contributed by atoms with van der Waals surface area (Å²) in [4.78, 5) is 3.40. The average molecular weight is 226 g/mol. The van der Waals surface area contributed by atoms with Crippen molar-refractivity contribution in [2.24, 2.45) is 0 Å². The minimum atomic E-state index is -0.0286. The Labute approximate surface area is 101 Å². The Morgan fingerprint density at radius 1 is 1.24 bits per heavy atom. The monoisotopic (exact) mass is 226 g/mol. The topological polar surface area (TPSA) is 30.4 Å². The summed E-state index contributed by atoms with van der Waals surface area (Å²) >= 11 is 0.